The van der Waals surface area contributed by atoms with E-state index in [9.17, 15) is 0 Å². The molecule has 2 rings (SSSR count). The Hall–Kier alpha value is 0.120. The normalized spacial score (nSPS) is 18.5. The molecule has 0 aliphatic carbocycles. The minimum atomic E-state index is 0.469. The Morgan fingerprint density at radius 2 is 2.16 bits per heavy atom. The van der Waals surface area contributed by atoms with Crippen LogP contribution in [-0.2, 0) is 11.3 Å². The highest BCUT2D eigenvalue weighted by molar-refractivity contribution is 14.1. The van der Waals surface area contributed by atoms with Crippen LogP contribution in [-0.4, -0.2) is 43.8 Å². The number of halogens is 2. The molecule has 1 fully saturated rings. The predicted octanol–water partition coefficient (Wildman–Crippen LogP) is 2.75. The SMILES string of the molecule is CC(CN1CCOCC1)NCc1ccc(I)c(Cl)c1. The van der Waals surface area contributed by atoms with E-state index in [-0.39, 0.29) is 0 Å². The first kappa shape index (κ1) is 15.5. The van der Waals surface area contributed by atoms with E-state index in [1.54, 1.807) is 0 Å². The van der Waals surface area contributed by atoms with Gasteiger partial charge in [-0.2, -0.15) is 0 Å². The second-order valence-electron chi connectivity index (χ2n) is 4.94. The molecule has 1 saturated heterocycles. The van der Waals surface area contributed by atoms with Crippen LogP contribution < -0.4 is 5.32 Å². The van der Waals surface area contributed by atoms with Gasteiger partial charge in [0.05, 0.1) is 18.2 Å². The van der Waals surface area contributed by atoms with E-state index in [0.717, 1.165) is 48.0 Å². The molecule has 0 aromatic heterocycles. The van der Waals surface area contributed by atoms with E-state index in [1.807, 2.05) is 6.07 Å². The Kier molecular flexibility index (Phi) is 6.35. The first-order valence-electron chi connectivity index (χ1n) is 6.62. The molecule has 19 heavy (non-hydrogen) atoms. The van der Waals surface area contributed by atoms with Gasteiger partial charge >= 0.3 is 0 Å². The first-order chi connectivity index (χ1) is 9.15. The van der Waals surface area contributed by atoms with Crippen LogP contribution in [0.5, 0.6) is 0 Å². The third kappa shape index (κ3) is 5.19. The monoisotopic (exact) mass is 394 g/mol. The van der Waals surface area contributed by atoms with Crippen molar-refractivity contribution < 1.29 is 4.74 Å². The summed E-state index contributed by atoms with van der Waals surface area (Å²) < 4.78 is 6.46. The summed E-state index contributed by atoms with van der Waals surface area (Å²) in [5, 5.41) is 4.38. The van der Waals surface area contributed by atoms with Gasteiger partial charge in [-0.15, -0.1) is 0 Å². The predicted molar refractivity (Wildman–Crippen MR) is 87.7 cm³/mol. The van der Waals surface area contributed by atoms with Crippen molar-refractivity contribution >= 4 is 34.2 Å². The highest BCUT2D eigenvalue weighted by Gasteiger charge is 2.13. The average molecular weight is 395 g/mol. The van der Waals surface area contributed by atoms with Crippen LogP contribution in [0.15, 0.2) is 18.2 Å². The highest BCUT2D eigenvalue weighted by Crippen LogP contribution is 2.19. The summed E-state index contributed by atoms with van der Waals surface area (Å²) >= 11 is 8.38. The number of hydrogen-bond donors (Lipinski definition) is 1. The summed E-state index contributed by atoms with van der Waals surface area (Å²) in [6.45, 7) is 7.97. The molecule has 0 amide bonds. The van der Waals surface area contributed by atoms with Crippen LogP contribution in [0.1, 0.15) is 12.5 Å². The molecule has 1 heterocycles. The number of ether oxygens (including phenoxy) is 1. The lowest BCUT2D eigenvalue weighted by atomic mass is 10.2. The van der Waals surface area contributed by atoms with Gasteiger partial charge in [0, 0.05) is 35.8 Å². The molecule has 1 unspecified atom stereocenters. The van der Waals surface area contributed by atoms with Gasteiger partial charge in [-0.25, -0.2) is 0 Å². The quantitative estimate of drug-likeness (QED) is 0.777. The summed E-state index contributed by atoms with van der Waals surface area (Å²) in [6.07, 6.45) is 0. The molecular weight excluding hydrogens is 375 g/mol. The Bertz CT molecular complexity index is 410. The van der Waals surface area contributed by atoms with E-state index >= 15 is 0 Å². The standard InChI is InChI=1S/C14H20ClIN2O/c1-11(10-18-4-6-19-7-5-18)17-9-12-2-3-14(16)13(15)8-12/h2-3,8,11,17H,4-7,9-10H2,1H3. The lowest BCUT2D eigenvalue weighted by molar-refractivity contribution is 0.0343. The van der Waals surface area contributed by atoms with E-state index in [4.69, 9.17) is 16.3 Å². The zero-order valence-electron chi connectivity index (χ0n) is 11.2. The Balaban J connectivity index is 1.75. The van der Waals surface area contributed by atoms with Crippen LogP contribution in [0.4, 0.5) is 0 Å². The highest BCUT2D eigenvalue weighted by atomic mass is 127. The van der Waals surface area contributed by atoms with Crippen LogP contribution in [0.3, 0.4) is 0 Å². The third-order valence-corrected chi connectivity index (χ3v) is 4.85. The van der Waals surface area contributed by atoms with Crippen molar-refractivity contribution in [2.45, 2.75) is 19.5 Å². The zero-order valence-corrected chi connectivity index (χ0v) is 14.1. The summed E-state index contributed by atoms with van der Waals surface area (Å²) in [6, 6.07) is 6.70. The Morgan fingerprint density at radius 1 is 1.42 bits per heavy atom. The molecule has 0 saturated carbocycles. The van der Waals surface area contributed by atoms with E-state index in [0.29, 0.717) is 6.04 Å². The van der Waals surface area contributed by atoms with Gasteiger partial charge < -0.3 is 10.1 Å². The van der Waals surface area contributed by atoms with Gasteiger partial charge in [-0.1, -0.05) is 17.7 Å². The minimum Gasteiger partial charge on any atom is -0.379 e. The lowest BCUT2D eigenvalue weighted by Gasteiger charge is -2.29. The molecule has 5 heteroatoms. The minimum absolute atomic E-state index is 0.469. The van der Waals surface area contributed by atoms with E-state index < -0.39 is 0 Å². The topological polar surface area (TPSA) is 24.5 Å². The molecule has 0 spiro atoms. The molecule has 1 aliphatic rings. The second-order valence-corrected chi connectivity index (χ2v) is 6.51. The van der Waals surface area contributed by atoms with Gasteiger partial charge in [-0.3, -0.25) is 4.90 Å². The van der Waals surface area contributed by atoms with Crippen LogP contribution in [0.2, 0.25) is 5.02 Å². The van der Waals surface area contributed by atoms with Gasteiger partial charge in [-0.05, 0) is 47.2 Å². The summed E-state index contributed by atoms with van der Waals surface area (Å²) in [5.74, 6) is 0. The average Bonchev–Trinajstić information content (AvgIpc) is 2.41. The van der Waals surface area contributed by atoms with Gasteiger partial charge in [0.2, 0.25) is 0 Å². The Morgan fingerprint density at radius 3 is 2.84 bits per heavy atom. The molecule has 1 aromatic rings. The maximum Gasteiger partial charge on any atom is 0.0594 e. The fraction of sp³-hybridized carbons (Fsp3) is 0.571. The molecule has 1 atom stereocenters. The number of nitrogens with one attached hydrogen (secondary N) is 1. The van der Waals surface area contributed by atoms with Crippen molar-refractivity contribution in [2.75, 3.05) is 32.8 Å². The first-order valence-corrected chi connectivity index (χ1v) is 8.08. The molecule has 3 nitrogen and oxygen atoms in total. The van der Waals surface area contributed by atoms with E-state index in [2.05, 4.69) is 51.9 Å². The smallest absolute Gasteiger partial charge is 0.0594 e. The van der Waals surface area contributed by atoms with Crippen molar-refractivity contribution in [1.29, 1.82) is 0 Å². The van der Waals surface area contributed by atoms with Crippen molar-refractivity contribution in [2.24, 2.45) is 0 Å². The maximum atomic E-state index is 6.13. The fourth-order valence-electron chi connectivity index (χ4n) is 2.18. The zero-order chi connectivity index (χ0) is 13.7. The molecule has 106 valence electrons. The summed E-state index contributed by atoms with van der Waals surface area (Å²) in [4.78, 5) is 2.45. The van der Waals surface area contributed by atoms with E-state index in [1.165, 1.54) is 5.56 Å². The van der Waals surface area contributed by atoms with Crippen molar-refractivity contribution in [3.05, 3.63) is 32.4 Å². The Labute approximate surface area is 133 Å². The molecule has 0 bridgehead atoms. The summed E-state index contributed by atoms with van der Waals surface area (Å²) in [5.41, 5.74) is 1.24. The molecule has 1 aliphatic heterocycles. The second kappa shape index (κ2) is 7.78. The molecular formula is C14H20ClIN2O. The number of hydrogen-bond acceptors (Lipinski definition) is 3. The maximum absolute atomic E-state index is 6.13. The summed E-state index contributed by atoms with van der Waals surface area (Å²) in [7, 11) is 0. The van der Waals surface area contributed by atoms with Gasteiger partial charge in [0.1, 0.15) is 0 Å². The van der Waals surface area contributed by atoms with Crippen molar-refractivity contribution in [3.8, 4) is 0 Å². The third-order valence-electron chi connectivity index (χ3n) is 3.27. The largest absolute Gasteiger partial charge is 0.379 e. The van der Waals surface area contributed by atoms with Crippen molar-refractivity contribution in [3.63, 3.8) is 0 Å². The molecule has 0 radical (unpaired) electrons. The van der Waals surface area contributed by atoms with Crippen LogP contribution in [0.25, 0.3) is 0 Å². The molecule has 1 N–H and O–H groups in total. The van der Waals surface area contributed by atoms with Crippen LogP contribution >= 0.6 is 34.2 Å². The lowest BCUT2D eigenvalue weighted by Crippen LogP contribution is -2.44. The number of rotatable bonds is 5. The van der Waals surface area contributed by atoms with Gasteiger partial charge in [0.25, 0.3) is 0 Å². The number of benzene rings is 1. The van der Waals surface area contributed by atoms with Crippen LogP contribution in [0, 0.1) is 3.57 Å². The number of morpholine rings is 1. The fourth-order valence-corrected chi connectivity index (χ4v) is 2.72. The van der Waals surface area contributed by atoms with Crippen molar-refractivity contribution in [1.82, 2.24) is 10.2 Å². The van der Waals surface area contributed by atoms with Gasteiger partial charge in [0.15, 0.2) is 0 Å². The number of nitrogens with zero attached hydrogens (tertiary/aromatic N) is 1. The molecule has 1 aromatic carbocycles.